The zero-order valence-electron chi connectivity index (χ0n) is 28.1. The number of ether oxygens (including phenoxy) is 1. The summed E-state index contributed by atoms with van der Waals surface area (Å²) in [6.45, 7) is 6.53. The Morgan fingerprint density at radius 2 is 1.48 bits per heavy atom. The lowest BCUT2D eigenvalue weighted by atomic mass is 9.98. The number of piperazine rings is 1. The van der Waals surface area contributed by atoms with Crippen LogP contribution in [-0.2, 0) is 0 Å². The Labute approximate surface area is 283 Å². The number of nitrogens with one attached hydrogen (secondary N) is 2. The number of anilines is 2. The number of urea groups is 1. The van der Waals surface area contributed by atoms with Crippen LogP contribution in [0.5, 0.6) is 5.75 Å². The summed E-state index contributed by atoms with van der Waals surface area (Å²) in [4.78, 5) is 44.7. The first kappa shape index (κ1) is 34.2. The Hall–Kier alpha value is -5.15. The van der Waals surface area contributed by atoms with Crippen molar-refractivity contribution in [1.82, 2.24) is 15.1 Å². The van der Waals surface area contributed by atoms with E-state index < -0.39 is 0 Å². The molecule has 4 amide bonds. The Bertz CT molecular complexity index is 1680. The van der Waals surface area contributed by atoms with Crippen LogP contribution in [-0.4, -0.2) is 81.1 Å². The molecule has 1 aliphatic heterocycles. The van der Waals surface area contributed by atoms with Crippen LogP contribution in [0, 0.1) is 6.92 Å². The lowest BCUT2D eigenvalue weighted by Gasteiger charge is -2.32. The normalized spacial score (nSPS) is 13.1. The van der Waals surface area contributed by atoms with E-state index in [4.69, 9.17) is 4.74 Å². The predicted octanol–water partition coefficient (Wildman–Crippen LogP) is 6.70. The summed E-state index contributed by atoms with van der Waals surface area (Å²) in [7, 11) is 3.80. The van der Waals surface area contributed by atoms with Gasteiger partial charge in [0.15, 0.2) is 0 Å². The zero-order valence-corrected chi connectivity index (χ0v) is 28.1. The minimum atomic E-state index is -0.219. The molecule has 2 N–H and O–H groups in total. The lowest BCUT2D eigenvalue weighted by Crippen LogP contribution is -2.50. The summed E-state index contributed by atoms with van der Waals surface area (Å²) in [6.07, 6.45) is 2.62. The third-order valence-corrected chi connectivity index (χ3v) is 8.60. The van der Waals surface area contributed by atoms with Gasteiger partial charge in [0.25, 0.3) is 11.8 Å². The Morgan fingerprint density at radius 1 is 0.792 bits per heavy atom. The van der Waals surface area contributed by atoms with Gasteiger partial charge in [-0.25, -0.2) is 4.79 Å². The van der Waals surface area contributed by atoms with Crippen LogP contribution in [0.15, 0.2) is 97.1 Å². The van der Waals surface area contributed by atoms with Gasteiger partial charge < -0.3 is 30.1 Å². The van der Waals surface area contributed by atoms with E-state index in [1.165, 1.54) is 0 Å². The van der Waals surface area contributed by atoms with Crippen molar-refractivity contribution >= 4 is 29.2 Å². The standard InChI is InChI=1S/C39H45N5O4/c1-29-15-17-30(18-16-29)33-11-5-6-12-34(33)37(45)41-32-21-19-31(20-22-32)38(46)43(3)35-13-7-8-14-36(35)48-28-10-4-9-23-40-39(47)44-26-24-42(2)25-27-44/h5-8,11-22H,4,9-10,23-28H2,1-3H3,(H,40,47)(H,41,45). The number of carbonyl (C=O) groups excluding carboxylic acids is 3. The number of hydrogen-bond donors (Lipinski definition) is 2. The van der Waals surface area contributed by atoms with Crippen molar-refractivity contribution in [3.05, 3.63) is 114 Å². The van der Waals surface area contributed by atoms with Crippen LogP contribution >= 0.6 is 0 Å². The van der Waals surface area contributed by atoms with Crippen molar-refractivity contribution in [2.24, 2.45) is 0 Å². The smallest absolute Gasteiger partial charge is 0.317 e. The van der Waals surface area contributed by atoms with Crippen LogP contribution in [0.25, 0.3) is 11.1 Å². The molecule has 1 aliphatic rings. The van der Waals surface area contributed by atoms with E-state index >= 15 is 0 Å². The molecule has 9 nitrogen and oxygen atoms in total. The highest BCUT2D eigenvalue weighted by Gasteiger charge is 2.19. The largest absolute Gasteiger partial charge is 0.491 e. The van der Waals surface area contributed by atoms with Crippen LogP contribution in [0.4, 0.5) is 16.2 Å². The summed E-state index contributed by atoms with van der Waals surface area (Å²) in [5.41, 5.74) is 5.32. The maximum absolute atomic E-state index is 13.5. The molecule has 0 aliphatic carbocycles. The summed E-state index contributed by atoms with van der Waals surface area (Å²) >= 11 is 0. The average molecular weight is 648 g/mol. The number of unbranched alkanes of at least 4 members (excludes halogenated alkanes) is 2. The van der Waals surface area contributed by atoms with Crippen LogP contribution in [0.1, 0.15) is 45.5 Å². The molecule has 0 saturated carbocycles. The molecule has 9 heteroatoms. The van der Waals surface area contributed by atoms with Crippen molar-refractivity contribution in [2.45, 2.75) is 26.2 Å². The molecule has 0 aromatic heterocycles. The number of para-hydroxylation sites is 2. The van der Waals surface area contributed by atoms with Gasteiger partial charge in [0.05, 0.1) is 12.3 Å². The van der Waals surface area contributed by atoms with Gasteiger partial charge in [-0.3, -0.25) is 9.59 Å². The number of likely N-dealkylation sites (N-methyl/N-ethyl adjacent to an activating group) is 1. The summed E-state index contributed by atoms with van der Waals surface area (Å²) < 4.78 is 6.09. The first-order chi connectivity index (χ1) is 23.3. The number of nitrogens with zero attached hydrogens (tertiary/aromatic N) is 3. The molecule has 1 heterocycles. The number of amides is 4. The predicted molar refractivity (Wildman–Crippen MR) is 192 cm³/mol. The van der Waals surface area contributed by atoms with Crippen molar-refractivity contribution in [3.8, 4) is 16.9 Å². The van der Waals surface area contributed by atoms with Gasteiger partial charge in [0.2, 0.25) is 0 Å². The van der Waals surface area contributed by atoms with Crippen molar-refractivity contribution in [2.75, 3.05) is 63.6 Å². The van der Waals surface area contributed by atoms with Gasteiger partial charge >= 0.3 is 6.03 Å². The fraction of sp³-hybridized carbons (Fsp3) is 0.308. The number of benzene rings is 4. The molecule has 250 valence electrons. The van der Waals surface area contributed by atoms with E-state index in [-0.39, 0.29) is 17.8 Å². The monoisotopic (exact) mass is 647 g/mol. The fourth-order valence-corrected chi connectivity index (χ4v) is 5.62. The maximum Gasteiger partial charge on any atom is 0.317 e. The summed E-state index contributed by atoms with van der Waals surface area (Å²) in [5.74, 6) is 0.224. The first-order valence-corrected chi connectivity index (χ1v) is 16.6. The molecule has 0 radical (unpaired) electrons. The highest BCUT2D eigenvalue weighted by atomic mass is 16.5. The molecular formula is C39H45N5O4. The van der Waals surface area contributed by atoms with Crippen LogP contribution < -0.4 is 20.3 Å². The molecular weight excluding hydrogens is 602 g/mol. The number of aryl methyl sites for hydroxylation is 1. The van der Waals surface area contributed by atoms with E-state index in [9.17, 15) is 14.4 Å². The molecule has 4 aromatic carbocycles. The van der Waals surface area contributed by atoms with Gasteiger partial charge in [-0.05, 0) is 86.8 Å². The van der Waals surface area contributed by atoms with Crippen LogP contribution in [0.3, 0.4) is 0 Å². The molecule has 0 atom stereocenters. The highest BCUT2D eigenvalue weighted by molar-refractivity contribution is 6.09. The molecule has 0 bridgehead atoms. The van der Waals surface area contributed by atoms with Crippen molar-refractivity contribution in [1.29, 1.82) is 0 Å². The molecule has 1 fully saturated rings. The average Bonchev–Trinajstić information content (AvgIpc) is 3.11. The minimum absolute atomic E-state index is 0.0139. The van der Waals surface area contributed by atoms with Gasteiger partial charge in [-0.2, -0.15) is 0 Å². The summed E-state index contributed by atoms with van der Waals surface area (Å²) in [5, 5.41) is 5.99. The SMILES string of the molecule is Cc1ccc(-c2ccccc2C(=O)Nc2ccc(C(=O)N(C)c3ccccc3OCCCCCNC(=O)N3CCN(C)CC3)cc2)cc1. The van der Waals surface area contributed by atoms with Gasteiger partial charge in [0.1, 0.15) is 5.75 Å². The second kappa shape index (κ2) is 16.6. The van der Waals surface area contributed by atoms with Crippen LogP contribution in [0.2, 0.25) is 0 Å². The van der Waals surface area contributed by atoms with Gasteiger partial charge in [-0.1, -0.05) is 60.2 Å². The topological polar surface area (TPSA) is 94.2 Å². The lowest BCUT2D eigenvalue weighted by molar-refractivity contribution is 0.0990. The molecule has 48 heavy (non-hydrogen) atoms. The van der Waals surface area contributed by atoms with E-state index in [0.717, 1.165) is 62.1 Å². The Morgan fingerprint density at radius 3 is 2.23 bits per heavy atom. The number of rotatable bonds is 12. The summed E-state index contributed by atoms with van der Waals surface area (Å²) in [6, 6.07) is 30.0. The Kier molecular flexibility index (Phi) is 11.8. The van der Waals surface area contributed by atoms with E-state index in [1.54, 1.807) is 36.2 Å². The highest BCUT2D eigenvalue weighted by Crippen LogP contribution is 2.29. The zero-order chi connectivity index (χ0) is 33.9. The maximum atomic E-state index is 13.5. The molecule has 5 rings (SSSR count). The third kappa shape index (κ3) is 9.01. The quantitative estimate of drug-likeness (QED) is 0.167. The van der Waals surface area contributed by atoms with Gasteiger partial charge in [-0.15, -0.1) is 0 Å². The van der Waals surface area contributed by atoms with Crippen molar-refractivity contribution in [3.63, 3.8) is 0 Å². The Balaban J connectivity index is 1.10. The molecule has 0 spiro atoms. The fourth-order valence-electron chi connectivity index (χ4n) is 5.62. The molecule has 4 aromatic rings. The third-order valence-electron chi connectivity index (χ3n) is 8.60. The van der Waals surface area contributed by atoms with Crippen molar-refractivity contribution < 1.29 is 19.1 Å². The van der Waals surface area contributed by atoms with Gasteiger partial charge in [0, 0.05) is 56.6 Å². The second-order valence-corrected chi connectivity index (χ2v) is 12.2. The minimum Gasteiger partial charge on any atom is -0.491 e. The number of carbonyl (C=O) groups is 3. The van der Waals surface area contributed by atoms with E-state index in [2.05, 4.69) is 22.6 Å². The van der Waals surface area contributed by atoms with E-state index in [1.807, 2.05) is 84.6 Å². The first-order valence-electron chi connectivity index (χ1n) is 16.6. The van der Waals surface area contributed by atoms with E-state index in [0.29, 0.717) is 41.4 Å². The molecule has 0 unspecified atom stereocenters. The number of hydrogen-bond acceptors (Lipinski definition) is 5. The molecule has 1 saturated heterocycles. The second-order valence-electron chi connectivity index (χ2n) is 12.2.